The summed E-state index contributed by atoms with van der Waals surface area (Å²) in [6, 6.07) is 5.46. The molecule has 4 rings (SSSR count). The lowest BCUT2D eigenvalue weighted by atomic mass is 10.0. The van der Waals surface area contributed by atoms with Gasteiger partial charge in [0.15, 0.2) is 9.84 Å². The van der Waals surface area contributed by atoms with Gasteiger partial charge in [0.25, 0.3) is 5.91 Å². The predicted molar refractivity (Wildman–Crippen MR) is 108 cm³/mol. The van der Waals surface area contributed by atoms with Gasteiger partial charge in [0.2, 0.25) is 5.91 Å². The molecule has 0 bridgehead atoms. The van der Waals surface area contributed by atoms with Crippen LogP contribution in [0.2, 0.25) is 0 Å². The van der Waals surface area contributed by atoms with Crippen molar-refractivity contribution in [3.63, 3.8) is 0 Å². The van der Waals surface area contributed by atoms with Crippen LogP contribution in [0.25, 0.3) is 0 Å². The lowest BCUT2D eigenvalue weighted by Crippen LogP contribution is -2.44. The maximum atomic E-state index is 13.1. The molecule has 152 valence electrons. The van der Waals surface area contributed by atoms with Crippen LogP contribution in [0.3, 0.4) is 0 Å². The highest BCUT2D eigenvalue weighted by molar-refractivity contribution is 7.91. The number of nitrogens with one attached hydrogen (secondary N) is 1. The largest absolute Gasteiger partial charge is 0.371 e. The smallest absolute Gasteiger partial charge is 0.256 e. The van der Waals surface area contributed by atoms with Crippen LogP contribution < -0.4 is 10.2 Å². The minimum Gasteiger partial charge on any atom is -0.371 e. The van der Waals surface area contributed by atoms with E-state index in [4.69, 9.17) is 0 Å². The number of rotatable bonds is 4. The van der Waals surface area contributed by atoms with Crippen molar-refractivity contribution in [1.82, 2.24) is 4.90 Å². The van der Waals surface area contributed by atoms with Gasteiger partial charge in [0, 0.05) is 37.8 Å². The zero-order valence-corrected chi connectivity index (χ0v) is 16.8. The van der Waals surface area contributed by atoms with Crippen molar-refractivity contribution in [3.8, 4) is 0 Å². The summed E-state index contributed by atoms with van der Waals surface area (Å²) in [5.74, 6) is 0.0798. The summed E-state index contributed by atoms with van der Waals surface area (Å²) in [5, 5.41) is 2.97. The summed E-state index contributed by atoms with van der Waals surface area (Å²) < 4.78 is 23.4. The van der Waals surface area contributed by atoms with Gasteiger partial charge in [-0.15, -0.1) is 0 Å². The summed E-state index contributed by atoms with van der Waals surface area (Å²) in [5.41, 5.74) is 2.15. The highest BCUT2D eigenvalue weighted by atomic mass is 32.2. The molecule has 0 aromatic heterocycles. The third-order valence-corrected chi connectivity index (χ3v) is 7.38. The van der Waals surface area contributed by atoms with Crippen molar-refractivity contribution in [2.24, 2.45) is 5.92 Å². The molecule has 0 atom stereocenters. The molecule has 1 saturated carbocycles. The van der Waals surface area contributed by atoms with E-state index < -0.39 is 9.84 Å². The molecule has 1 aromatic carbocycles. The van der Waals surface area contributed by atoms with Crippen LogP contribution in [0.1, 0.15) is 42.5 Å². The van der Waals surface area contributed by atoms with E-state index in [2.05, 4.69) is 10.2 Å². The Bertz CT molecular complexity index is 859. The van der Waals surface area contributed by atoms with Crippen molar-refractivity contribution in [2.75, 3.05) is 47.9 Å². The molecule has 7 nitrogen and oxygen atoms in total. The monoisotopic (exact) mass is 405 g/mol. The Labute approximate surface area is 166 Å². The summed E-state index contributed by atoms with van der Waals surface area (Å²) in [7, 11) is -3.04. The molecule has 0 unspecified atom stereocenters. The fourth-order valence-corrected chi connectivity index (χ4v) is 5.06. The quantitative estimate of drug-likeness (QED) is 0.827. The lowest BCUT2D eigenvalue weighted by Gasteiger charge is -2.33. The van der Waals surface area contributed by atoms with Gasteiger partial charge in [-0.05, 0) is 50.3 Å². The van der Waals surface area contributed by atoms with Crippen LogP contribution in [-0.2, 0) is 14.6 Å². The fourth-order valence-electron chi connectivity index (χ4n) is 3.86. The van der Waals surface area contributed by atoms with E-state index in [1.807, 2.05) is 6.07 Å². The van der Waals surface area contributed by atoms with Crippen molar-refractivity contribution in [3.05, 3.63) is 23.8 Å². The number of carbonyl (C=O) groups is 2. The number of piperidine rings is 1. The van der Waals surface area contributed by atoms with E-state index in [0.29, 0.717) is 5.56 Å². The van der Waals surface area contributed by atoms with E-state index in [0.717, 1.165) is 50.1 Å². The molecule has 2 aliphatic heterocycles. The molecule has 3 aliphatic rings. The Balaban J connectivity index is 1.59. The summed E-state index contributed by atoms with van der Waals surface area (Å²) in [6.07, 6.45) is 5.23. The first-order chi connectivity index (χ1) is 13.4. The summed E-state index contributed by atoms with van der Waals surface area (Å²) in [4.78, 5) is 29.1. The average molecular weight is 406 g/mol. The molecule has 1 aromatic rings. The second-order valence-corrected chi connectivity index (χ2v) is 10.3. The second kappa shape index (κ2) is 7.73. The second-order valence-electron chi connectivity index (χ2n) is 7.99. The summed E-state index contributed by atoms with van der Waals surface area (Å²) in [6.45, 7) is 2.24. The van der Waals surface area contributed by atoms with Crippen LogP contribution in [0.5, 0.6) is 0 Å². The van der Waals surface area contributed by atoms with E-state index in [9.17, 15) is 18.0 Å². The van der Waals surface area contributed by atoms with Gasteiger partial charge in [-0.2, -0.15) is 0 Å². The molecule has 0 radical (unpaired) electrons. The predicted octanol–water partition coefficient (Wildman–Crippen LogP) is 1.90. The number of carbonyl (C=O) groups excluding carboxylic acids is 2. The lowest BCUT2D eigenvalue weighted by molar-refractivity contribution is -0.117. The van der Waals surface area contributed by atoms with E-state index in [1.165, 1.54) is 6.42 Å². The number of benzene rings is 1. The van der Waals surface area contributed by atoms with Gasteiger partial charge >= 0.3 is 0 Å². The number of anilines is 2. The highest BCUT2D eigenvalue weighted by Crippen LogP contribution is 2.32. The molecule has 2 amide bonds. The highest BCUT2D eigenvalue weighted by Gasteiger charge is 2.31. The molecule has 1 N–H and O–H groups in total. The van der Waals surface area contributed by atoms with Gasteiger partial charge in [-0.1, -0.05) is 0 Å². The Morgan fingerprint density at radius 3 is 2.29 bits per heavy atom. The minimum absolute atomic E-state index is 0.0211. The maximum Gasteiger partial charge on any atom is 0.256 e. The molecule has 8 heteroatoms. The molecule has 3 fully saturated rings. The van der Waals surface area contributed by atoms with Crippen LogP contribution >= 0.6 is 0 Å². The van der Waals surface area contributed by atoms with Crippen molar-refractivity contribution < 1.29 is 18.0 Å². The van der Waals surface area contributed by atoms with Gasteiger partial charge in [-0.3, -0.25) is 9.59 Å². The average Bonchev–Trinajstić information content (AvgIpc) is 3.53. The standard InChI is InChI=1S/C20H27N3O4S/c24-19(15-4-5-15)21-16-6-7-17(18(14-16)22-8-2-1-3-9-22)20(25)23-10-12-28(26,27)13-11-23/h6-7,14-15H,1-5,8-13H2,(H,21,24). The molecular formula is C20H27N3O4S. The number of hydrogen-bond donors (Lipinski definition) is 1. The number of hydrogen-bond acceptors (Lipinski definition) is 5. The molecular weight excluding hydrogens is 378 g/mol. The van der Waals surface area contributed by atoms with Crippen LogP contribution in [0, 0.1) is 5.92 Å². The van der Waals surface area contributed by atoms with E-state index in [-0.39, 0.29) is 42.3 Å². The minimum atomic E-state index is -3.04. The third kappa shape index (κ3) is 4.32. The van der Waals surface area contributed by atoms with Gasteiger partial charge < -0.3 is 15.1 Å². The number of nitrogens with zero attached hydrogens (tertiary/aromatic N) is 2. The van der Waals surface area contributed by atoms with Gasteiger partial charge in [0.05, 0.1) is 22.8 Å². The Hall–Kier alpha value is -2.09. The zero-order chi connectivity index (χ0) is 19.7. The van der Waals surface area contributed by atoms with E-state index >= 15 is 0 Å². The number of amides is 2. The first-order valence-electron chi connectivity index (χ1n) is 10.1. The zero-order valence-electron chi connectivity index (χ0n) is 16.0. The Kier molecular flexibility index (Phi) is 5.31. The number of sulfone groups is 1. The van der Waals surface area contributed by atoms with E-state index in [1.54, 1.807) is 17.0 Å². The SMILES string of the molecule is O=C(Nc1ccc(C(=O)N2CCS(=O)(=O)CC2)c(N2CCCCC2)c1)C1CC1. The molecule has 1 aliphatic carbocycles. The van der Waals surface area contributed by atoms with Gasteiger partial charge in [-0.25, -0.2) is 8.42 Å². The van der Waals surface area contributed by atoms with Crippen LogP contribution in [0.15, 0.2) is 18.2 Å². The Morgan fingerprint density at radius 1 is 0.964 bits per heavy atom. The van der Waals surface area contributed by atoms with Gasteiger partial charge in [0.1, 0.15) is 0 Å². The van der Waals surface area contributed by atoms with Crippen LogP contribution in [0.4, 0.5) is 11.4 Å². The van der Waals surface area contributed by atoms with Crippen molar-refractivity contribution in [2.45, 2.75) is 32.1 Å². The summed E-state index contributed by atoms with van der Waals surface area (Å²) >= 11 is 0. The van der Waals surface area contributed by atoms with Crippen LogP contribution in [-0.4, -0.2) is 62.8 Å². The molecule has 2 heterocycles. The first kappa shape index (κ1) is 19.2. The molecule has 28 heavy (non-hydrogen) atoms. The maximum absolute atomic E-state index is 13.1. The Morgan fingerprint density at radius 2 is 1.64 bits per heavy atom. The topological polar surface area (TPSA) is 86.8 Å². The van der Waals surface area contributed by atoms with Crippen molar-refractivity contribution >= 4 is 33.0 Å². The first-order valence-corrected chi connectivity index (χ1v) is 11.9. The fraction of sp³-hybridized carbons (Fsp3) is 0.600. The third-order valence-electron chi connectivity index (χ3n) is 5.77. The van der Waals surface area contributed by atoms with Crippen molar-refractivity contribution in [1.29, 1.82) is 0 Å². The normalized spacial score (nSPS) is 22.0. The molecule has 0 spiro atoms. The molecule has 2 saturated heterocycles.